The summed E-state index contributed by atoms with van der Waals surface area (Å²) < 4.78 is 23.6. The highest BCUT2D eigenvalue weighted by molar-refractivity contribution is 9.10. The molecule has 1 unspecified atom stereocenters. The highest BCUT2D eigenvalue weighted by Crippen LogP contribution is 2.19. The fourth-order valence-electron chi connectivity index (χ4n) is 1.66. The van der Waals surface area contributed by atoms with Gasteiger partial charge in [0.15, 0.2) is 9.84 Å². The summed E-state index contributed by atoms with van der Waals surface area (Å²) in [6, 6.07) is 6.02. The van der Waals surface area contributed by atoms with Crippen molar-refractivity contribution in [3.05, 3.63) is 34.3 Å². The minimum Gasteiger partial charge on any atom is -0.481 e. The van der Waals surface area contributed by atoms with Crippen molar-refractivity contribution in [3.63, 3.8) is 0 Å². The molecule has 1 atom stereocenters. The van der Waals surface area contributed by atoms with E-state index in [0.717, 1.165) is 4.47 Å². The van der Waals surface area contributed by atoms with E-state index in [9.17, 15) is 18.0 Å². The molecule has 0 heterocycles. The van der Waals surface area contributed by atoms with Crippen molar-refractivity contribution < 1.29 is 23.1 Å². The van der Waals surface area contributed by atoms with Crippen molar-refractivity contribution >= 4 is 37.6 Å². The third kappa shape index (κ3) is 6.26. The first-order chi connectivity index (χ1) is 9.73. The van der Waals surface area contributed by atoms with Crippen LogP contribution in [0.3, 0.4) is 0 Å². The summed E-state index contributed by atoms with van der Waals surface area (Å²) in [5, 5.41) is 11.4. The van der Waals surface area contributed by atoms with E-state index in [1.807, 2.05) is 0 Å². The Hall–Kier alpha value is -1.41. The van der Waals surface area contributed by atoms with Gasteiger partial charge in [-0.15, -0.1) is 0 Å². The standard InChI is InChI=1S/C13H16BrNO5S/c1-2-21(19,20)8-12(16)15-11(7-13(17)18)9-3-5-10(14)6-4-9/h3-6,11H,2,7-8H2,1H3,(H,15,16)(H,17,18). The predicted molar refractivity (Wildman–Crippen MR) is 81.6 cm³/mol. The van der Waals surface area contributed by atoms with E-state index in [-0.39, 0.29) is 12.2 Å². The summed E-state index contributed by atoms with van der Waals surface area (Å²) in [6.07, 6.45) is -0.320. The zero-order valence-electron chi connectivity index (χ0n) is 11.4. The second kappa shape index (κ2) is 7.56. The van der Waals surface area contributed by atoms with E-state index in [1.165, 1.54) is 6.92 Å². The van der Waals surface area contributed by atoms with Crippen LogP contribution < -0.4 is 5.32 Å². The largest absolute Gasteiger partial charge is 0.481 e. The summed E-state index contributed by atoms with van der Waals surface area (Å²) in [7, 11) is -3.45. The number of carboxylic acids is 1. The van der Waals surface area contributed by atoms with Gasteiger partial charge in [-0.3, -0.25) is 9.59 Å². The predicted octanol–water partition coefficient (Wildman–Crippen LogP) is 1.52. The lowest BCUT2D eigenvalue weighted by molar-refractivity contribution is -0.137. The lowest BCUT2D eigenvalue weighted by Crippen LogP contribution is -2.35. The summed E-state index contributed by atoms with van der Waals surface area (Å²) in [6.45, 7) is 1.45. The van der Waals surface area contributed by atoms with Gasteiger partial charge < -0.3 is 10.4 Å². The zero-order valence-corrected chi connectivity index (χ0v) is 13.8. The molecule has 21 heavy (non-hydrogen) atoms. The molecule has 116 valence electrons. The van der Waals surface area contributed by atoms with E-state index in [0.29, 0.717) is 5.56 Å². The number of carbonyl (C=O) groups excluding carboxylic acids is 1. The smallest absolute Gasteiger partial charge is 0.305 e. The van der Waals surface area contributed by atoms with Crippen LogP contribution in [-0.4, -0.2) is 36.9 Å². The average molecular weight is 378 g/mol. The second-order valence-corrected chi connectivity index (χ2v) is 7.71. The Bertz CT molecular complexity index is 612. The van der Waals surface area contributed by atoms with Crippen LogP contribution in [0.15, 0.2) is 28.7 Å². The fourth-order valence-corrected chi connectivity index (χ4v) is 2.61. The Morgan fingerprint density at radius 1 is 1.29 bits per heavy atom. The van der Waals surface area contributed by atoms with Crippen molar-refractivity contribution in [2.75, 3.05) is 11.5 Å². The summed E-state index contributed by atoms with van der Waals surface area (Å²) >= 11 is 3.26. The topological polar surface area (TPSA) is 101 Å². The molecule has 0 saturated heterocycles. The third-order valence-corrected chi connectivity index (χ3v) is 4.89. The Morgan fingerprint density at radius 3 is 2.33 bits per heavy atom. The molecule has 0 radical (unpaired) electrons. The van der Waals surface area contributed by atoms with Crippen LogP contribution in [-0.2, 0) is 19.4 Å². The van der Waals surface area contributed by atoms with Gasteiger partial charge in [0.2, 0.25) is 5.91 Å². The molecular weight excluding hydrogens is 362 g/mol. The van der Waals surface area contributed by atoms with Crippen molar-refractivity contribution in [1.29, 1.82) is 0 Å². The van der Waals surface area contributed by atoms with Crippen molar-refractivity contribution in [1.82, 2.24) is 5.32 Å². The highest BCUT2D eigenvalue weighted by Gasteiger charge is 2.21. The van der Waals surface area contributed by atoms with E-state index in [1.54, 1.807) is 24.3 Å². The summed E-state index contributed by atoms with van der Waals surface area (Å²) in [5.74, 6) is -2.56. The number of amides is 1. The Morgan fingerprint density at radius 2 is 1.86 bits per heavy atom. The van der Waals surface area contributed by atoms with E-state index in [4.69, 9.17) is 5.11 Å². The number of halogens is 1. The number of carboxylic acid groups (broad SMARTS) is 1. The van der Waals surface area contributed by atoms with Gasteiger partial charge in [-0.2, -0.15) is 0 Å². The number of sulfone groups is 1. The molecule has 1 aromatic carbocycles. The molecule has 1 aromatic rings. The normalized spacial score (nSPS) is 12.7. The van der Waals surface area contributed by atoms with Crippen molar-refractivity contribution in [2.24, 2.45) is 0 Å². The van der Waals surface area contributed by atoms with Crippen LogP contribution in [0.1, 0.15) is 24.9 Å². The Balaban J connectivity index is 2.86. The zero-order chi connectivity index (χ0) is 16.0. The lowest BCUT2D eigenvalue weighted by atomic mass is 10.0. The van der Waals surface area contributed by atoms with Gasteiger partial charge in [0.05, 0.1) is 12.5 Å². The summed E-state index contributed by atoms with van der Waals surface area (Å²) in [4.78, 5) is 22.7. The van der Waals surface area contributed by atoms with Crippen LogP contribution in [0.5, 0.6) is 0 Å². The number of rotatable bonds is 7. The van der Waals surface area contributed by atoms with Gasteiger partial charge in [0.25, 0.3) is 0 Å². The quantitative estimate of drug-likeness (QED) is 0.749. The Kier molecular flexibility index (Phi) is 6.35. The van der Waals surface area contributed by atoms with Crippen LogP contribution in [0.2, 0.25) is 0 Å². The molecule has 2 N–H and O–H groups in total. The van der Waals surface area contributed by atoms with Gasteiger partial charge >= 0.3 is 5.97 Å². The molecule has 0 spiro atoms. The monoisotopic (exact) mass is 377 g/mol. The van der Waals surface area contributed by atoms with E-state index in [2.05, 4.69) is 21.2 Å². The molecule has 8 heteroatoms. The fraction of sp³-hybridized carbons (Fsp3) is 0.385. The number of hydrogen-bond acceptors (Lipinski definition) is 4. The third-order valence-electron chi connectivity index (χ3n) is 2.78. The number of hydrogen-bond donors (Lipinski definition) is 2. The van der Waals surface area contributed by atoms with Crippen molar-refractivity contribution in [3.8, 4) is 0 Å². The SMILES string of the molecule is CCS(=O)(=O)CC(=O)NC(CC(=O)O)c1ccc(Br)cc1. The van der Waals surface area contributed by atoms with Crippen molar-refractivity contribution in [2.45, 2.75) is 19.4 Å². The average Bonchev–Trinajstić information content (AvgIpc) is 2.37. The molecule has 1 amide bonds. The van der Waals surface area contributed by atoms with Crippen LogP contribution >= 0.6 is 15.9 Å². The number of benzene rings is 1. The van der Waals surface area contributed by atoms with Gasteiger partial charge in [0, 0.05) is 10.2 Å². The summed E-state index contributed by atoms with van der Waals surface area (Å²) in [5.41, 5.74) is 0.600. The first-order valence-corrected chi connectivity index (χ1v) is 8.82. The first kappa shape index (κ1) is 17.6. The van der Waals surface area contributed by atoms with Gasteiger partial charge in [-0.05, 0) is 17.7 Å². The molecule has 1 rings (SSSR count). The van der Waals surface area contributed by atoms with Crippen LogP contribution in [0, 0.1) is 0 Å². The molecule has 0 aromatic heterocycles. The molecule has 0 aliphatic rings. The molecule has 0 saturated carbocycles. The van der Waals surface area contributed by atoms with E-state index >= 15 is 0 Å². The highest BCUT2D eigenvalue weighted by atomic mass is 79.9. The first-order valence-electron chi connectivity index (χ1n) is 6.20. The van der Waals surface area contributed by atoms with Gasteiger partial charge in [-0.25, -0.2) is 8.42 Å². The molecule has 6 nitrogen and oxygen atoms in total. The number of nitrogens with one attached hydrogen (secondary N) is 1. The maximum atomic E-state index is 11.8. The minimum absolute atomic E-state index is 0.137. The maximum absolute atomic E-state index is 11.8. The Labute approximate surface area is 131 Å². The van der Waals surface area contributed by atoms with Gasteiger partial charge in [0.1, 0.15) is 5.75 Å². The van der Waals surface area contributed by atoms with E-state index < -0.39 is 33.5 Å². The molecule has 0 fully saturated rings. The lowest BCUT2D eigenvalue weighted by Gasteiger charge is -2.17. The second-order valence-electron chi connectivity index (χ2n) is 4.45. The number of carbonyl (C=O) groups is 2. The molecule has 0 aliphatic heterocycles. The molecule has 0 bridgehead atoms. The maximum Gasteiger partial charge on any atom is 0.305 e. The molecule has 0 aliphatic carbocycles. The van der Waals surface area contributed by atoms with Gasteiger partial charge in [-0.1, -0.05) is 35.0 Å². The minimum atomic E-state index is -3.45. The number of aliphatic carboxylic acids is 1. The van der Waals surface area contributed by atoms with Crippen LogP contribution in [0.25, 0.3) is 0 Å². The van der Waals surface area contributed by atoms with Crippen LogP contribution in [0.4, 0.5) is 0 Å². The molecular formula is C13H16BrNO5S.